The molecule has 2 rings (SSSR count). The molecule has 0 aliphatic heterocycles. The fourth-order valence-corrected chi connectivity index (χ4v) is 1.81. The molecule has 0 aliphatic carbocycles. The third-order valence-electron chi connectivity index (χ3n) is 2.42. The molecular weight excluding hydrogens is 296 g/mol. The standard InChI is InChI=1S/C12H13BrN4O/c1-2-10-11(17-14)15-7-16-12(10)18-9-5-3-8(13)4-6-9/h3-7H,2,14H2,1H3,(H,15,16,17). The predicted octanol–water partition coefficient (Wildman–Crippen LogP) is 2.88. The number of aromatic nitrogens is 2. The molecule has 0 spiro atoms. The first-order valence-electron chi connectivity index (χ1n) is 5.48. The van der Waals surface area contributed by atoms with Gasteiger partial charge in [-0.3, -0.25) is 0 Å². The van der Waals surface area contributed by atoms with Gasteiger partial charge < -0.3 is 10.2 Å². The van der Waals surface area contributed by atoms with Crippen LogP contribution >= 0.6 is 15.9 Å². The van der Waals surface area contributed by atoms with E-state index >= 15 is 0 Å². The molecule has 0 radical (unpaired) electrons. The molecule has 1 aromatic carbocycles. The molecule has 94 valence electrons. The lowest BCUT2D eigenvalue weighted by atomic mass is 10.2. The van der Waals surface area contributed by atoms with Gasteiger partial charge in [0.05, 0.1) is 5.56 Å². The van der Waals surface area contributed by atoms with Gasteiger partial charge in [-0.1, -0.05) is 22.9 Å². The summed E-state index contributed by atoms with van der Waals surface area (Å²) in [6.45, 7) is 1.99. The van der Waals surface area contributed by atoms with Gasteiger partial charge >= 0.3 is 0 Å². The quantitative estimate of drug-likeness (QED) is 0.671. The van der Waals surface area contributed by atoms with Crippen molar-refractivity contribution in [2.45, 2.75) is 13.3 Å². The first-order valence-corrected chi connectivity index (χ1v) is 6.27. The Balaban J connectivity index is 2.31. The first-order chi connectivity index (χ1) is 8.74. The number of ether oxygens (including phenoxy) is 1. The molecule has 0 saturated heterocycles. The van der Waals surface area contributed by atoms with Crippen molar-refractivity contribution in [3.05, 3.63) is 40.6 Å². The highest BCUT2D eigenvalue weighted by Gasteiger charge is 2.10. The Hall–Kier alpha value is -1.66. The average Bonchev–Trinajstić information content (AvgIpc) is 2.41. The topological polar surface area (TPSA) is 73.1 Å². The number of benzene rings is 1. The summed E-state index contributed by atoms with van der Waals surface area (Å²) in [6.07, 6.45) is 2.15. The van der Waals surface area contributed by atoms with E-state index in [-0.39, 0.29) is 0 Å². The molecule has 3 N–H and O–H groups in total. The summed E-state index contributed by atoms with van der Waals surface area (Å²) in [5.74, 6) is 7.22. The van der Waals surface area contributed by atoms with E-state index in [4.69, 9.17) is 10.6 Å². The van der Waals surface area contributed by atoms with Crippen molar-refractivity contribution < 1.29 is 4.74 Å². The summed E-state index contributed by atoms with van der Waals surface area (Å²) in [7, 11) is 0. The van der Waals surface area contributed by atoms with Crippen LogP contribution in [0.3, 0.4) is 0 Å². The minimum atomic E-state index is 0.516. The molecule has 1 aromatic heterocycles. The van der Waals surface area contributed by atoms with E-state index < -0.39 is 0 Å². The molecule has 2 aromatic rings. The van der Waals surface area contributed by atoms with Crippen molar-refractivity contribution >= 4 is 21.7 Å². The van der Waals surface area contributed by atoms with Crippen molar-refractivity contribution in [3.8, 4) is 11.6 Å². The molecule has 0 atom stereocenters. The maximum absolute atomic E-state index is 5.73. The van der Waals surface area contributed by atoms with Crippen molar-refractivity contribution in [2.24, 2.45) is 5.84 Å². The van der Waals surface area contributed by atoms with E-state index in [9.17, 15) is 0 Å². The molecule has 6 heteroatoms. The fraction of sp³-hybridized carbons (Fsp3) is 0.167. The van der Waals surface area contributed by atoms with E-state index in [0.29, 0.717) is 11.7 Å². The van der Waals surface area contributed by atoms with Crippen LogP contribution in [0.15, 0.2) is 35.1 Å². The molecule has 1 heterocycles. The monoisotopic (exact) mass is 308 g/mol. The van der Waals surface area contributed by atoms with Crippen LogP contribution in [0.25, 0.3) is 0 Å². The van der Waals surface area contributed by atoms with Gasteiger partial charge in [-0.05, 0) is 30.7 Å². The van der Waals surface area contributed by atoms with E-state index in [1.807, 2.05) is 31.2 Å². The van der Waals surface area contributed by atoms with Crippen LogP contribution in [0.4, 0.5) is 5.82 Å². The molecule has 0 bridgehead atoms. The van der Waals surface area contributed by atoms with Crippen LogP contribution in [0.5, 0.6) is 11.6 Å². The van der Waals surface area contributed by atoms with E-state index in [1.54, 1.807) is 0 Å². The molecule has 0 fully saturated rings. The second kappa shape index (κ2) is 5.79. The number of nitrogen functional groups attached to an aromatic ring is 1. The van der Waals surface area contributed by atoms with Gasteiger partial charge in [0.2, 0.25) is 5.88 Å². The maximum atomic E-state index is 5.73. The van der Waals surface area contributed by atoms with Gasteiger partial charge in [0, 0.05) is 4.47 Å². The molecular formula is C12H13BrN4O. The van der Waals surface area contributed by atoms with Gasteiger partial charge in [0.25, 0.3) is 0 Å². The number of rotatable bonds is 4. The minimum Gasteiger partial charge on any atom is -0.439 e. The summed E-state index contributed by atoms with van der Waals surface area (Å²) >= 11 is 3.37. The lowest BCUT2D eigenvalue weighted by molar-refractivity contribution is 0.455. The number of nitrogens with zero attached hydrogens (tertiary/aromatic N) is 2. The normalized spacial score (nSPS) is 10.2. The van der Waals surface area contributed by atoms with Gasteiger partial charge in [0.15, 0.2) is 0 Å². The Morgan fingerprint density at radius 3 is 2.61 bits per heavy atom. The second-order valence-corrected chi connectivity index (χ2v) is 4.48. The van der Waals surface area contributed by atoms with Crippen LogP contribution in [0.1, 0.15) is 12.5 Å². The van der Waals surface area contributed by atoms with Gasteiger partial charge in [-0.15, -0.1) is 0 Å². The third-order valence-corrected chi connectivity index (χ3v) is 2.95. The molecule has 0 unspecified atom stereocenters. The lowest BCUT2D eigenvalue weighted by Crippen LogP contribution is -2.12. The second-order valence-electron chi connectivity index (χ2n) is 3.56. The third kappa shape index (κ3) is 2.77. The van der Waals surface area contributed by atoms with E-state index in [2.05, 4.69) is 31.3 Å². The van der Waals surface area contributed by atoms with Gasteiger partial charge in [-0.2, -0.15) is 0 Å². The summed E-state index contributed by atoms with van der Waals surface area (Å²) in [5, 5.41) is 0. The largest absolute Gasteiger partial charge is 0.439 e. The summed E-state index contributed by atoms with van der Waals surface area (Å²) < 4.78 is 6.73. The molecule has 0 saturated carbocycles. The summed E-state index contributed by atoms with van der Waals surface area (Å²) in [4.78, 5) is 8.18. The Bertz CT molecular complexity index is 530. The van der Waals surface area contributed by atoms with Crippen LogP contribution in [-0.4, -0.2) is 9.97 Å². The summed E-state index contributed by atoms with van der Waals surface area (Å²) in [6, 6.07) is 7.54. The van der Waals surface area contributed by atoms with Gasteiger partial charge in [-0.25, -0.2) is 15.8 Å². The van der Waals surface area contributed by atoms with Crippen LogP contribution in [0, 0.1) is 0 Å². The average molecular weight is 309 g/mol. The number of nitrogens with one attached hydrogen (secondary N) is 1. The Morgan fingerprint density at radius 1 is 1.28 bits per heavy atom. The number of hydrogen-bond acceptors (Lipinski definition) is 5. The van der Waals surface area contributed by atoms with Crippen molar-refractivity contribution in [1.29, 1.82) is 0 Å². The van der Waals surface area contributed by atoms with Gasteiger partial charge in [0.1, 0.15) is 17.9 Å². The smallest absolute Gasteiger partial charge is 0.227 e. The number of hydrogen-bond donors (Lipinski definition) is 2. The maximum Gasteiger partial charge on any atom is 0.227 e. The Kier molecular flexibility index (Phi) is 4.11. The van der Waals surface area contributed by atoms with E-state index in [0.717, 1.165) is 22.2 Å². The highest BCUT2D eigenvalue weighted by atomic mass is 79.9. The zero-order valence-electron chi connectivity index (χ0n) is 9.85. The molecule has 0 aliphatic rings. The van der Waals surface area contributed by atoms with Crippen molar-refractivity contribution in [3.63, 3.8) is 0 Å². The minimum absolute atomic E-state index is 0.516. The fourth-order valence-electron chi connectivity index (χ4n) is 1.54. The predicted molar refractivity (Wildman–Crippen MR) is 73.4 cm³/mol. The highest BCUT2D eigenvalue weighted by molar-refractivity contribution is 9.10. The number of hydrazine groups is 1. The Morgan fingerprint density at radius 2 is 2.00 bits per heavy atom. The number of halogens is 1. The first kappa shape index (κ1) is 12.8. The lowest BCUT2D eigenvalue weighted by Gasteiger charge is -2.11. The Labute approximate surface area is 113 Å². The summed E-state index contributed by atoms with van der Waals surface area (Å²) in [5.41, 5.74) is 3.39. The van der Waals surface area contributed by atoms with Crippen LogP contribution in [-0.2, 0) is 6.42 Å². The zero-order valence-corrected chi connectivity index (χ0v) is 11.4. The zero-order chi connectivity index (χ0) is 13.0. The number of anilines is 1. The van der Waals surface area contributed by atoms with E-state index in [1.165, 1.54) is 6.33 Å². The van der Waals surface area contributed by atoms with Crippen LogP contribution < -0.4 is 16.0 Å². The number of nitrogens with two attached hydrogens (primary N) is 1. The molecule has 18 heavy (non-hydrogen) atoms. The van der Waals surface area contributed by atoms with Crippen LogP contribution in [0.2, 0.25) is 0 Å². The highest BCUT2D eigenvalue weighted by Crippen LogP contribution is 2.27. The van der Waals surface area contributed by atoms with Crippen molar-refractivity contribution in [2.75, 3.05) is 5.43 Å². The molecule has 0 amide bonds. The SMILES string of the molecule is CCc1c(NN)ncnc1Oc1ccc(Br)cc1. The molecule has 5 nitrogen and oxygen atoms in total. The van der Waals surface area contributed by atoms with Crippen molar-refractivity contribution in [1.82, 2.24) is 9.97 Å².